The van der Waals surface area contributed by atoms with E-state index in [-0.39, 0.29) is 11.8 Å². The molecule has 154 valence electrons. The first-order valence-corrected chi connectivity index (χ1v) is 11.1. The highest BCUT2D eigenvalue weighted by Crippen LogP contribution is 2.31. The average molecular weight is 461 g/mol. The molecule has 0 saturated carbocycles. The zero-order valence-electron chi connectivity index (χ0n) is 15.9. The van der Waals surface area contributed by atoms with Crippen LogP contribution in [-0.2, 0) is 4.79 Å². The van der Waals surface area contributed by atoms with Crippen molar-refractivity contribution in [3.8, 4) is 5.69 Å². The summed E-state index contributed by atoms with van der Waals surface area (Å²) in [5, 5.41) is 9.48. The van der Waals surface area contributed by atoms with Gasteiger partial charge in [-0.15, -0.1) is 10.2 Å². The van der Waals surface area contributed by atoms with Crippen LogP contribution in [0, 0.1) is 0 Å². The number of rotatable bonds is 4. The maximum Gasteiger partial charge on any atom is 0.260 e. The molecule has 6 nitrogen and oxygen atoms in total. The van der Waals surface area contributed by atoms with Crippen LogP contribution in [0.2, 0.25) is 10.0 Å². The van der Waals surface area contributed by atoms with E-state index in [0.29, 0.717) is 33.7 Å². The third-order valence-electron chi connectivity index (χ3n) is 4.83. The number of nitrogens with zero attached hydrogens (tertiary/aromatic N) is 4. The molecule has 1 atom stereocenters. The molecule has 0 aliphatic carbocycles. The maximum absolute atomic E-state index is 13.2. The first-order chi connectivity index (χ1) is 14.5. The van der Waals surface area contributed by atoms with Crippen molar-refractivity contribution >= 4 is 46.8 Å². The largest absolute Gasteiger partial charge is 0.278 e. The Bertz CT molecular complexity index is 1070. The van der Waals surface area contributed by atoms with Crippen molar-refractivity contribution in [2.24, 2.45) is 0 Å². The lowest BCUT2D eigenvalue weighted by molar-refractivity contribution is -0.127. The van der Waals surface area contributed by atoms with Gasteiger partial charge >= 0.3 is 0 Å². The third-order valence-corrected chi connectivity index (χ3v) is 6.52. The Hall–Kier alpha value is -2.35. The van der Waals surface area contributed by atoms with Crippen LogP contribution in [0.5, 0.6) is 0 Å². The molecule has 1 aliphatic heterocycles. The molecule has 1 fully saturated rings. The van der Waals surface area contributed by atoms with E-state index in [0.717, 1.165) is 18.5 Å². The van der Waals surface area contributed by atoms with Crippen LogP contribution in [0.15, 0.2) is 60.0 Å². The molecule has 2 amide bonds. The van der Waals surface area contributed by atoms with Crippen molar-refractivity contribution in [1.29, 1.82) is 0 Å². The van der Waals surface area contributed by atoms with Gasteiger partial charge in [-0.2, -0.15) is 0 Å². The molecule has 0 bridgehead atoms. The van der Waals surface area contributed by atoms with Gasteiger partial charge in [-0.1, -0.05) is 47.5 Å². The van der Waals surface area contributed by atoms with E-state index in [1.54, 1.807) is 47.3 Å². The summed E-state index contributed by atoms with van der Waals surface area (Å²) in [5.41, 5.74) is 1.26. The molecule has 1 aliphatic rings. The van der Waals surface area contributed by atoms with E-state index in [1.165, 1.54) is 16.7 Å². The number of benzene rings is 2. The summed E-state index contributed by atoms with van der Waals surface area (Å²) in [6.45, 7) is 0.401. The standard InChI is InChI=1S/C21H18Cl2N4O2S/c22-15-9-7-14(8-10-15)19(28)26-11-2-1-6-18(20(26)29)30-21-25-24-13-27(21)17-5-3-4-16(23)12-17/h3-5,7-10,12-13,18H,1-2,6,11H2/t18-/m1/s1. The molecule has 9 heteroatoms. The molecule has 0 unspecified atom stereocenters. The SMILES string of the molecule is O=C(c1ccc(Cl)cc1)N1CCCC[C@@H](Sc2nncn2-c2cccc(Cl)c2)C1=O. The number of aromatic nitrogens is 3. The predicted octanol–water partition coefficient (Wildman–Crippen LogP) is 4.89. The minimum Gasteiger partial charge on any atom is -0.278 e. The molecular weight excluding hydrogens is 443 g/mol. The number of thioether (sulfide) groups is 1. The van der Waals surface area contributed by atoms with E-state index >= 15 is 0 Å². The Balaban J connectivity index is 1.56. The van der Waals surface area contributed by atoms with Crippen molar-refractivity contribution in [2.75, 3.05) is 6.54 Å². The van der Waals surface area contributed by atoms with E-state index in [2.05, 4.69) is 10.2 Å². The van der Waals surface area contributed by atoms with Gasteiger partial charge in [-0.3, -0.25) is 19.1 Å². The van der Waals surface area contributed by atoms with Gasteiger partial charge in [0.2, 0.25) is 5.91 Å². The molecule has 1 saturated heterocycles. The van der Waals surface area contributed by atoms with Crippen molar-refractivity contribution in [1.82, 2.24) is 19.7 Å². The molecule has 3 aromatic rings. The van der Waals surface area contributed by atoms with Crippen LogP contribution in [0.25, 0.3) is 5.69 Å². The lowest BCUT2D eigenvalue weighted by Crippen LogP contribution is -2.41. The number of amides is 2. The highest BCUT2D eigenvalue weighted by atomic mass is 35.5. The minimum atomic E-state index is -0.425. The summed E-state index contributed by atoms with van der Waals surface area (Å²) in [5.74, 6) is -0.515. The monoisotopic (exact) mass is 460 g/mol. The van der Waals surface area contributed by atoms with Crippen LogP contribution in [-0.4, -0.2) is 43.3 Å². The lowest BCUT2D eigenvalue weighted by Gasteiger charge is -2.22. The molecular formula is C21H18Cl2N4O2S. The van der Waals surface area contributed by atoms with Gasteiger partial charge < -0.3 is 0 Å². The van der Waals surface area contributed by atoms with Crippen molar-refractivity contribution in [2.45, 2.75) is 29.7 Å². The topological polar surface area (TPSA) is 68.1 Å². The Morgan fingerprint density at radius 1 is 1.07 bits per heavy atom. The molecule has 0 spiro atoms. The number of halogens is 2. The van der Waals surface area contributed by atoms with Crippen LogP contribution in [0.4, 0.5) is 0 Å². The Morgan fingerprint density at radius 2 is 1.87 bits per heavy atom. The number of imide groups is 1. The number of carbonyl (C=O) groups is 2. The van der Waals surface area contributed by atoms with E-state index < -0.39 is 5.25 Å². The average Bonchev–Trinajstić information content (AvgIpc) is 3.13. The van der Waals surface area contributed by atoms with Crippen LogP contribution < -0.4 is 0 Å². The Morgan fingerprint density at radius 3 is 2.63 bits per heavy atom. The van der Waals surface area contributed by atoms with Gasteiger partial charge in [-0.05, 0) is 55.3 Å². The van der Waals surface area contributed by atoms with Crippen LogP contribution in [0.3, 0.4) is 0 Å². The molecule has 30 heavy (non-hydrogen) atoms. The summed E-state index contributed by atoms with van der Waals surface area (Å²) in [6, 6.07) is 13.9. The Kier molecular flexibility index (Phi) is 6.41. The van der Waals surface area contributed by atoms with Crippen LogP contribution >= 0.6 is 35.0 Å². The van der Waals surface area contributed by atoms with E-state index in [9.17, 15) is 9.59 Å². The molecule has 4 rings (SSSR count). The lowest BCUT2D eigenvalue weighted by atomic mass is 10.2. The fourth-order valence-corrected chi connectivity index (χ4v) is 4.74. The molecule has 0 radical (unpaired) electrons. The first-order valence-electron chi connectivity index (χ1n) is 9.47. The second-order valence-corrected chi connectivity index (χ2v) is 8.91. The van der Waals surface area contributed by atoms with E-state index in [1.807, 2.05) is 12.1 Å². The van der Waals surface area contributed by atoms with Gasteiger partial charge in [0, 0.05) is 22.2 Å². The fourth-order valence-electron chi connectivity index (χ4n) is 3.30. The molecule has 2 aromatic carbocycles. The van der Waals surface area contributed by atoms with Gasteiger partial charge in [-0.25, -0.2) is 0 Å². The van der Waals surface area contributed by atoms with Crippen molar-refractivity contribution in [3.05, 3.63) is 70.5 Å². The summed E-state index contributed by atoms with van der Waals surface area (Å²) in [4.78, 5) is 27.5. The van der Waals surface area contributed by atoms with Crippen molar-refractivity contribution < 1.29 is 9.59 Å². The highest BCUT2D eigenvalue weighted by Gasteiger charge is 2.33. The Labute approximate surface area is 188 Å². The summed E-state index contributed by atoms with van der Waals surface area (Å²) < 4.78 is 1.79. The fraction of sp³-hybridized carbons (Fsp3) is 0.238. The first kappa shape index (κ1) is 20.9. The smallest absolute Gasteiger partial charge is 0.260 e. The predicted molar refractivity (Wildman–Crippen MR) is 117 cm³/mol. The van der Waals surface area contributed by atoms with Gasteiger partial charge in [0.15, 0.2) is 5.16 Å². The molecule has 1 aromatic heterocycles. The summed E-state index contributed by atoms with van der Waals surface area (Å²) in [7, 11) is 0. The van der Waals surface area contributed by atoms with Crippen LogP contribution in [0.1, 0.15) is 29.6 Å². The second-order valence-electron chi connectivity index (χ2n) is 6.87. The van der Waals surface area contributed by atoms with E-state index in [4.69, 9.17) is 23.2 Å². The summed E-state index contributed by atoms with van der Waals surface area (Å²) >= 11 is 13.3. The molecule has 0 N–H and O–H groups in total. The minimum absolute atomic E-state index is 0.210. The number of hydrogen-bond acceptors (Lipinski definition) is 5. The quantitative estimate of drug-likeness (QED) is 0.518. The van der Waals surface area contributed by atoms with Gasteiger partial charge in [0.1, 0.15) is 6.33 Å². The molecule has 2 heterocycles. The number of hydrogen-bond donors (Lipinski definition) is 0. The maximum atomic E-state index is 13.2. The second kappa shape index (κ2) is 9.20. The van der Waals surface area contributed by atoms with Crippen molar-refractivity contribution in [3.63, 3.8) is 0 Å². The number of carbonyl (C=O) groups excluding carboxylic acids is 2. The van der Waals surface area contributed by atoms with Gasteiger partial charge in [0.25, 0.3) is 5.91 Å². The zero-order chi connectivity index (χ0) is 21.1. The van der Waals surface area contributed by atoms with Gasteiger partial charge in [0.05, 0.1) is 10.9 Å². The number of likely N-dealkylation sites (tertiary alicyclic amines) is 1. The summed E-state index contributed by atoms with van der Waals surface area (Å²) in [6.07, 6.45) is 3.87. The highest BCUT2D eigenvalue weighted by molar-refractivity contribution is 8.00. The third kappa shape index (κ3) is 4.53. The zero-order valence-corrected chi connectivity index (χ0v) is 18.2. The normalized spacial score (nSPS) is 17.1.